The van der Waals surface area contributed by atoms with Gasteiger partial charge in [0.15, 0.2) is 11.8 Å². The average molecular weight is 444 g/mol. The lowest BCUT2D eigenvalue weighted by Gasteiger charge is -2.12. The highest BCUT2D eigenvalue weighted by Crippen LogP contribution is 2.15. The van der Waals surface area contributed by atoms with E-state index in [9.17, 15) is 0 Å². The third-order valence-electron chi connectivity index (χ3n) is 3.26. The molecule has 7 nitrogen and oxygen atoms in total. The molecule has 3 N–H and O–H groups in total. The van der Waals surface area contributed by atoms with Crippen LogP contribution in [0.15, 0.2) is 35.6 Å². The first-order valence-corrected chi connectivity index (χ1v) is 7.80. The van der Waals surface area contributed by atoms with E-state index in [0.29, 0.717) is 6.54 Å². The molecule has 0 unspecified atom stereocenters. The second kappa shape index (κ2) is 11.8. The van der Waals surface area contributed by atoms with Crippen molar-refractivity contribution in [2.45, 2.75) is 19.9 Å². The summed E-state index contributed by atoms with van der Waals surface area (Å²) in [6.07, 6.45) is 2.46. The number of guanidine groups is 1. The van der Waals surface area contributed by atoms with Crippen molar-refractivity contribution in [3.05, 3.63) is 36.2 Å². The number of hydrogen-bond acceptors (Lipinski definition) is 4. The van der Waals surface area contributed by atoms with Gasteiger partial charge in [0.2, 0.25) is 0 Å². The Labute approximate surface area is 159 Å². The van der Waals surface area contributed by atoms with Crippen molar-refractivity contribution in [1.82, 2.24) is 25.8 Å². The van der Waals surface area contributed by atoms with Crippen LogP contribution in [-0.4, -0.2) is 47.9 Å². The molecule has 0 aliphatic rings. The molecule has 0 atom stereocenters. The van der Waals surface area contributed by atoms with Gasteiger partial charge in [-0.25, -0.2) is 4.98 Å². The maximum atomic E-state index is 5.31. The first-order valence-electron chi connectivity index (χ1n) is 7.80. The van der Waals surface area contributed by atoms with Crippen molar-refractivity contribution in [3.63, 3.8) is 0 Å². The molecular formula is C16H25IN6O. The number of H-pyrrole nitrogens is 1. The summed E-state index contributed by atoms with van der Waals surface area (Å²) in [5.74, 6) is 1.55. The van der Waals surface area contributed by atoms with Gasteiger partial charge in [0.1, 0.15) is 6.33 Å². The minimum absolute atomic E-state index is 0. The third-order valence-corrected chi connectivity index (χ3v) is 3.26. The van der Waals surface area contributed by atoms with Crippen LogP contribution in [0.1, 0.15) is 18.9 Å². The first kappa shape index (κ1) is 20.4. The molecular weight excluding hydrogens is 419 g/mol. The largest absolute Gasteiger partial charge is 0.382 e. The van der Waals surface area contributed by atoms with Crippen molar-refractivity contribution in [1.29, 1.82) is 0 Å². The average Bonchev–Trinajstić information content (AvgIpc) is 3.12. The summed E-state index contributed by atoms with van der Waals surface area (Å²) >= 11 is 0. The van der Waals surface area contributed by atoms with Crippen LogP contribution in [0.4, 0.5) is 0 Å². The van der Waals surface area contributed by atoms with Gasteiger partial charge in [-0.15, -0.1) is 24.0 Å². The van der Waals surface area contributed by atoms with Gasteiger partial charge in [-0.05, 0) is 25.0 Å². The number of aromatic nitrogens is 3. The van der Waals surface area contributed by atoms with Gasteiger partial charge in [-0.1, -0.05) is 18.2 Å². The number of nitrogens with zero attached hydrogens (tertiary/aromatic N) is 3. The standard InChI is InChI=1S/C16H24N6O.HI/c1-3-23-9-5-8-18-16(17-2)19-11-13-6-4-7-14(10-13)15-20-12-21-22-15;/h4,6-7,10,12H,3,5,8-9,11H2,1-2H3,(H2,17,18,19)(H,20,21,22);1H. The Morgan fingerprint density at radius 3 is 2.92 bits per heavy atom. The maximum Gasteiger partial charge on any atom is 0.191 e. The summed E-state index contributed by atoms with van der Waals surface area (Å²) in [5.41, 5.74) is 2.16. The van der Waals surface area contributed by atoms with Gasteiger partial charge in [-0.3, -0.25) is 10.1 Å². The summed E-state index contributed by atoms with van der Waals surface area (Å²) in [7, 11) is 1.77. The van der Waals surface area contributed by atoms with Crippen LogP contribution in [0.25, 0.3) is 11.4 Å². The highest BCUT2D eigenvalue weighted by atomic mass is 127. The van der Waals surface area contributed by atoms with Crippen LogP contribution in [0.2, 0.25) is 0 Å². The van der Waals surface area contributed by atoms with Gasteiger partial charge in [0.05, 0.1) is 0 Å². The molecule has 0 aliphatic carbocycles. The predicted octanol–water partition coefficient (Wildman–Crippen LogP) is 2.18. The van der Waals surface area contributed by atoms with E-state index in [1.54, 1.807) is 7.05 Å². The van der Waals surface area contributed by atoms with Crippen LogP contribution in [-0.2, 0) is 11.3 Å². The Hall–Kier alpha value is -1.68. The van der Waals surface area contributed by atoms with E-state index in [2.05, 4.69) is 42.9 Å². The smallest absolute Gasteiger partial charge is 0.191 e. The van der Waals surface area contributed by atoms with E-state index >= 15 is 0 Å². The zero-order valence-corrected chi connectivity index (χ0v) is 16.4. The fraction of sp³-hybridized carbons (Fsp3) is 0.438. The lowest BCUT2D eigenvalue weighted by atomic mass is 10.1. The van der Waals surface area contributed by atoms with Crippen LogP contribution in [0.5, 0.6) is 0 Å². The van der Waals surface area contributed by atoms with Crippen LogP contribution in [0, 0.1) is 0 Å². The molecule has 1 heterocycles. The molecule has 0 spiro atoms. The quantitative estimate of drug-likeness (QED) is 0.252. The topological polar surface area (TPSA) is 87.2 Å². The second-order valence-corrected chi connectivity index (χ2v) is 4.94. The molecule has 1 aromatic carbocycles. The maximum absolute atomic E-state index is 5.31. The van der Waals surface area contributed by atoms with E-state index in [4.69, 9.17) is 4.74 Å². The Kier molecular flexibility index (Phi) is 10.0. The molecule has 0 aliphatic heterocycles. The zero-order valence-electron chi connectivity index (χ0n) is 14.1. The molecule has 132 valence electrons. The molecule has 0 radical (unpaired) electrons. The summed E-state index contributed by atoms with van der Waals surface area (Å²) in [6.45, 7) is 5.04. The molecule has 0 bridgehead atoms. The summed E-state index contributed by atoms with van der Waals surface area (Å²) < 4.78 is 5.31. The Balaban J connectivity index is 0.00000288. The Bertz CT molecular complexity index is 602. The van der Waals surface area contributed by atoms with E-state index < -0.39 is 0 Å². The molecule has 2 aromatic rings. The predicted molar refractivity (Wildman–Crippen MR) is 107 cm³/mol. The van der Waals surface area contributed by atoms with Crippen molar-refractivity contribution in [2.24, 2.45) is 4.99 Å². The number of aliphatic imine (C=N–C) groups is 1. The van der Waals surface area contributed by atoms with E-state index in [-0.39, 0.29) is 24.0 Å². The molecule has 2 rings (SSSR count). The number of aromatic amines is 1. The third kappa shape index (κ3) is 6.83. The fourth-order valence-electron chi connectivity index (χ4n) is 2.10. The molecule has 24 heavy (non-hydrogen) atoms. The zero-order chi connectivity index (χ0) is 16.3. The van der Waals surface area contributed by atoms with Crippen LogP contribution in [0.3, 0.4) is 0 Å². The Morgan fingerprint density at radius 2 is 2.21 bits per heavy atom. The lowest BCUT2D eigenvalue weighted by molar-refractivity contribution is 0.145. The van der Waals surface area contributed by atoms with Crippen molar-refractivity contribution >= 4 is 29.9 Å². The van der Waals surface area contributed by atoms with Gasteiger partial charge < -0.3 is 15.4 Å². The number of nitrogens with one attached hydrogen (secondary N) is 3. The summed E-state index contributed by atoms with van der Waals surface area (Å²) in [4.78, 5) is 8.39. The fourth-order valence-corrected chi connectivity index (χ4v) is 2.10. The molecule has 1 aromatic heterocycles. The Morgan fingerprint density at radius 1 is 1.33 bits per heavy atom. The van der Waals surface area contributed by atoms with Gasteiger partial charge in [-0.2, -0.15) is 5.10 Å². The lowest BCUT2D eigenvalue weighted by Crippen LogP contribution is -2.37. The van der Waals surface area contributed by atoms with Crippen molar-refractivity contribution in [2.75, 3.05) is 26.8 Å². The first-order chi connectivity index (χ1) is 11.3. The summed E-state index contributed by atoms with van der Waals surface area (Å²) in [6, 6.07) is 8.16. The highest BCUT2D eigenvalue weighted by Gasteiger charge is 2.03. The van der Waals surface area contributed by atoms with E-state index in [1.807, 2.05) is 19.1 Å². The number of rotatable bonds is 8. The second-order valence-electron chi connectivity index (χ2n) is 4.94. The molecule has 0 amide bonds. The van der Waals surface area contributed by atoms with Crippen molar-refractivity contribution < 1.29 is 4.74 Å². The van der Waals surface area contributed by atoms with Gasteiger partial charge in [0.25, 0.3) is 0 Å². The molecule has 8 heteroatoms. The number of hydrogen-bond donors (Lipinski definition) is 3. The highest BCUT2D eigenvalue weighted by molar-refractivity contribution is 14.0. The number of ether oxygens (including phenoxy) is 1. The molecule has 0 saturated heterocycles. The van der Waals surface area contributed by atoms with Gasteiger partial charge >= 0.3 is 0 Å². The number of halogens is 1. The van der Waals surface area contributed by atoms with E-state index in [1.165, 1.54) is 6.33 Å². The summed E-state index contributed by atoms with van der Waals surface area (Å²) in [5, 5.41) is 13.3. The number of benzene rings is 1. The normalized spacial score (nSPS) is 11.0. The molecule has 0 saturated carbocycles. The van der Waals surface area contributed by atoms with E-state index in [0.717, 1.165) is 49.1 Å². The monoisotopic (exact) mass is 444 g/mol. The van der Waals surface area contributed by atoms with Gasteiger partial charge in [0, 0.05) is 38.9 Å². The SMILES string of the molecule is CCOCCCNC(=NC)NCc1cccc(-c2ncn[nH]2)c1.I. The van der Waals surface area contributed by atoms with Crippen LogP contribution < -0.4 is 10.6 Å². The minimum atomic E-state index is 0. The minimum Gasteiger partial charge on any atom is -0.382 e. The molecule has 0 fully saturated rings. The van der Waals surface area contributed by atoms with Crippen molar-refractivity contribution in [3.8, 4) is 11.4 Å². The van der Waals surface area contributed by atoms with Crippen LogP contribution >= 0.6 is 24.0 Å².